The first-order valence-corrected chi connectivity index (χ1v) is 13.5. The van der Waals surface area contributed by atoms with Gasteiger partial charge in [0.1, 0.15) is 0 Å². The second-order valence-electron chi connectivity index (χ2n) is 7.71. The van der Waals surface area contributed by atoms with Gasteiger partial charge in [0.2, 0.25) is 0 Å². The van der Waals surface area contributed by atoms with E-state index >= 15 is 0 Å². The van der Waals surface area contributed by atoms with Crippen molar-refractivity contribution < 1.29 is 21.7 Å². The molecule has 1 nitrogen and oxygen atoms in total. The molecule has 0 atom stereocenters. The third-order valence-corrected chi connectivity index (χ3v) is 8.97. The molecule has 0 saturated heterocycles. The van der Waals surface area contributed by atoms with Gasteiger partial charge in [-0.25, -0.2) is 0 Å². The number of hydrogen-bond donors (Lipinski definition) is 0. The molecule has 0 radical (unpaired) electrons. The van der Waals surface area contributed by atoms with Crippen molar-refractivity contribution in [3.8, 4) is 0 Å². The van der Waals surface area contributed by atoms with Crippen LogP contribution in [-0.4, -0.2) is 0 Å². The quantitative estimate of drug-likeness (QED) is 0.178. The molecule has 0 unspecified atom stereocenters. The number of allylic oxidation sites excluding steroid dienone is 7. The summed E-state index contributed by atoms with van der Waals surface area (Å²) in [7, 11) is -2.09. The molecule has 1 aliphatic carbocycles. The van der Waals surface area contributed by atoms with Crippen LogP contribution in [0.1, 0.15) is 33.1 Å². The Hall–Kier alpha value is -2.44. The molecule has 0 N–H and O–H groups in total. The summed E-state index contributed by atoms with van der Waals surface area (Å²) >= 11 is 0. The van der Waals surface area contributed by atoms with Crippen molar-refractivity contribution in [1.29, 1.82) is 0 Å². The average molecular weight is 499 g/mol. The van der Waals surface area contributed by atoms with Crippen LogP contribution < -0.4 is 15.9 Å². The van der Waals surface area contributed by atoms with Crippen LogP contribution in [0.15, 0.2) is 144 Å². The van der Waals surface area contributed by atoms with Crippen molar-refractivity contribution in [3.05, 3.63) is 139 Å². The first kappa shape index (κ1) is 27.8. The maximum Gasteiger partial charge on any atom is 0.0608 e. The Labute approximate surface area is 221 Å². The van der Waals surface area contributed by atoms with Gasteiger partial charge in [-0.15, -0.1) is 0 Å². The molecule has 3 aromatic rings. The minimum absolute atomic E-state index is 0. The molecular weight excluding hydrogens is 465 g/mol. The van der Waals surface area contributed by atoms with Crippen LogP contribution in [0.3, 0.4) is 0 Å². The normalized spacial score (nSPS) is 12.7. The summed E-state index contributed by atoms with van der Waals surface area (Å²) in [4.78, 5) is 0. The molecule has 34 heavy (non-hydrogen) atoms. The number of rotatable bonds is 7. The Kier molecular flexibility index (Phi) is 12.6. The summed E-state index contributed by atoms with van der Waals surface area (Å²) in [5.41, 5.74) is 1.16. The molecule has 0 fully saturated rings. The predicted octanol–water partition coefficient (Wildman–Crippen LogP) is 7.92. The van der Waals surface area contributed by atoms with Crippen LogP contribution in [0, 0.1) is 0 Å². The molecular formula is C31H34NPTi. The fraction of sp³-hybridized carbons (Fsp3) is 0.161. The Bertz CT molecular complexity index is 1030. The molecule has 0 spiro atoms. The van der Waals surface area contributed by atoms with Gasteiger partial charge in [0.15, 0.2) is 0 Å². The zero-order chi connectivity index (χ0) is 23.2. The third-order valence-electron chi connectivity index (χ3n) is 5.27. The van der Waals surface area contributed by atoms with Crippen molar-refractivity contribution >= 4 is 23.0 Å². The fourth-order valence-corrected chi connectivity index (χ4v) is 7.27. The van der Waals surface area contributed by atoms with Gasteiger partial charge in [-0.2, -0.15) is 0 Å². The van der Waals surface area contributed by atoms with Gasteiger partial charge in [0, 0.05) is 49.7 Å². The SMILES string of the molecule is C1=CCC(N=P(c2ccccc2)(c2ccccc2)c2ccccc2)=C1.CCC=CC=CCC.[Ti]. The van der Waals surface area contributed by atoms with Gasteiger partial charge in [0.25, 0.3) is 0 Å². The van der Waals surface area contributed by atoms with E-state index in [0.717, 1.165) is 25.0 Å². The van der Waals surface area contributed by atoms with Crippen molar-refractivity contribution in [2.75, 3.05) is 0 Å². The number of hydrogen-bond acceptors (Lipinski definition) is 1. The van der Waals surface area contributed by atoms with Gasteiger partial charge in [-0.1, -0.05) is 141 Å². The van der Waals surface area contributed by atoms with E-state index in [-0.39, 0.29) is 21.7 Å². The maximum atomic E-state index is 5.43. The minimum Gasteiger partial charge on any atom is -0.258 e. The maximum absolute atomic E-state index is 5.43. The monoisotopic (exact) mass is 499 g/mol. The second kappa shape index (κ2) is 15.5. The molecule has 0 aliphatic heterocycles. The Morgan fingerprint density at radius 1 is 0.676 bits per heavy atom. The molecule has 3 heteroatoms. The van der Waals surface area contributed by atoms with Crippen LogP contribution in [0.5, 0.6) is 0 Å². The first-order valence-electron chi connectivity index (χ1n) is 11.8. The number of nitrogens with zero attached hydrogens (tertiary/aromatic N) is 1. The topological polar surface area (TPSA) is 12.4 Å². The molecule has 172 valence electrons. The van der Waals surface area contributed by atoms with Gasteiger partial charge >= 0.3 is 0 Å². The summed E-state index contributed by atoms with van der Waals surface area (Å²) in [6.45, 7) is 4.27. The summed E-state index contributed by atoms with van der Waals surface area (Å²) < 4.78 is 5.43. The average Bonchev–Trinajstić information content (AvgIpc) is 3.40. The van der Waals surface area contributed by atoms with Crippen LogP contribution in [0.4, 0.5) is 0 Å². The molecule has 0 saturated carbocycles. The van der Waals surface area contributed by atoms with E-state index in [1.54, 1.807) is 0 Å². The van der Waals surface area contributed by atoms with Crippen LogP contribution >= 0.6 is 7.05 Å². The van der Waals surface area contributed by atoms with E-state index in [1.165, 1.54) is 15.9 Å². The zero-order valence-corrected chi connectivity index (χ0v) is 22.7. The largest absolute Gasteiger partial charge is 0.258 e. The second-order valence-corrected chi connectivity index (χ2v) is 10.7. The first-order chi connectivity index (χ1) is 16.3. The van der Waals surface area contributed by atoms with Crippen molar-refractivity contribution in [2.45, 2.75) is 33.1 Å². The van der Waals surface area contributed by atoms with Gasteiger partial charge in [-0.3, -0.25) is 4.74 Å². The van der Waals surface area contributed by atoms with Crippen LogP contribution in [0.2, 0.25) is 0 Å². The summed E-state index contributed by atoms with van der Waals surface area (Å²) in [5, 5.41) is 3.88. The zero-order valence-electron chi connectivity index (χ0n) is 20.2. The molecule has 0 aromatic heterocycles. The predicted molar refractivity (Wildman–Crippen MR) is 148 cm³/mol. The van der Waals surface area contributed by atoms with Crippen molar-refractivity contribution in [1.82, 2.24) is 0 Å². The van der Waals surface area contributed by atoms with E-state index in [1.807, 2.05) is 0 Å². The Balaban J connectivity index is 0.000000394. The fourth-order valence-electron chi connectivity index (χ4n) is 3.68. The van der Waals surface area contributed by atoms with Crippen LogP contribution in [-0.2, 0) is 21.7 Å². The minimum atomic E-state index is -2.09. The van der Waals surface area contributed by atoms with Crippen molar-refractivity contribution in [3.63, 3.8) is 0 Å². The Morgan fingerprint density at radius 2 is 1.09 bits per heavy atom. The molecule has 1 aliphatic rings. The van der Waals surface area contributed by atoms with E-state index < -0.39 is 7.05 Å². The molecule has 4 rings (SSSR count). The van der Waals surface area contributed by atoms with Gasteiger partial charge in [-0.05, 0) is 18.9 Å². The standard InChI is InChI=1S/C23H20NP.C8H14.Ti/c1-4-14-21(15-5-1)25(22-16-6-2-7-17-22,23-18-8-3-9-19-23)24-20-12-10-11-13-20;1-3-5-7-8-6-4-2;/h1-12,14-19H,13H2;5-8H,3-4H2,1-2H3;. The van der Waals surface area contributed by atoms with E-state index in [4.69, 9.17) is 4.74 Å². The smallest absolute Gasteiger partial charge is 0.0608 e. The molecule has 0 bridgehead atoms. The van der Waals surface area contributed by atoms with Crippen molar-refractivity contribution in [2.24, 2.45) is 4.74 Å². The molecule has 3 aromatic carbocycles. The third kappa shape index (κ3) is 7.54. The summed E-state index contributed by atoms with van der Waals surface area (Å²) in [6.07, 6.45) is 18.1. The van der Waals surface area contributed by atoms with E-state index in [9.17, 15) is 0 Å². The van der Waals surface area contributed by atoms with Gasteiger partial charge < -0.3 is 0 Å². The van der Waals surface area contributed by atoms with Crippen LogP contribution in [0.25, 0.3) is 0 Å². The number of benzene rings is 3. The summed E-state index contributed by atoms with van der Waals surface area (Å²) in [6, 6.07) is 32.3. The van der Waals surface area contributed by atoms with E-state index in [2.05, 4.69) is 147 Å². The van der Waals surface area contributed by atoms with Gasteiger partial charge in [0.05, 0.1) is 7.05 Å². The summed E-state index contributed by atoms with van der Waals surface area (Å²) in [5.74, 6) is 0. The van der Waals surface area contributed by atoms with E-state index in [0.29, 0.717) is 0 Å². The molecule has 0 heterocycles. The molecule has 0 amide bonds. The Morgan fingerprint density at radius 3 is 1.41 bits per heavy atom.